The first-order chi connectivity index (χ1) is 8.75. The number of aromatic nitrogens is 1. The van der Waals surface area contributed by atoms with Gasteiger partial charge in [-0.05, 0) is 36.9 Å². The SMILES string of the molecule is CC(NC(=O)CCc1cccs1)c1ccccn1. The molecule has 1 amide bonds. The van der Waals surface area contributed by atoms with E-state index in [-0.39, 0.29) is 11.9 Å². The predicted octanol–water partition coefficient (Wildman–Crippen LogP) is 2.95. The van der Waals surface area contributed by atoms with Crippen LogP contribution in [0.5, 0.6) is 0 Å². The normalized spacial score (nSPS) is 12.1. The van der Waals surface area contributed by atoms with Crippen molar-refractivity contribution in [2.75, 3.05) is 0 Å². The number of amides is 1. The van der Waals surface area contributed by atoms with Gasteiger partial charge in [-0.3, -0.25) is 9.78 Å². The number of rotatable bonds is 5. The van der Waals surface area contributed by atoms with E-state index in [9.17, 15) is 4.79 Å². The molecule has 1 unspecified atom stereocenters. The molecule has 2 rings (SSSR count). The fourth-order valence-corrected chi connectivity index (χ4v) is 2.42. The lowest BCUT2D eigenvalue weighted by atomic mass is 10.2. The first-order valence-electron chi connectivity index (χ1n) is 5.98. The maximum absolute atomic E-state index is 11.8. The van der Waals surface area contributed by atoms with Gasteiger partial charge in [0, 0.05) is 17.5 Å². The lowest BCUT2D eigenvalue weighted by molar-refractivity contribution is -0.121. The quantitative estimate of drug-likeness (QED) is 0.898. The van der Waals surface area contributed by atoms with Crippen LogP contribution in [0.15, 0.2) is 41.9 Å². The summed E-state index contributed by atoms with van der Waals surface area (Å²) in [7, 11) is 0. The number of carbonyl (C=O) groups excluding carboxylic acids is 1. The molecule has 0 saturated heterocycles. The predicted molar refractivity (Wildman–Crippen MR) is 73.4 cm³/mol. The minimum absolute atomic E-state index is 0.0398. The van der Waals surface area contributed by atoms with Gasteiger partial charge in [0.15, 0.2) is 0 Å². The molecule has 1 N–H and O–H groups in total. The van der Waals surface area contributed by atoms with Gasteiger partial charge in [-0.15, -0.1) is 11.3 Å². The molecule has 1 atom stereocenters. The summed E-state index contributed by atoms with van der Waals surface area (Å²) in [6.07, 6.45) is 3.07. The Morgan fingerprint density at radius 2 is 2.28 bits per heavy atom. The Bertz CT molecular complexity index is 482. The van der Waals surface area contributed by atoms with Crippen molar-refractivity contribution in [1.82, 2.24) is 10.3 Å². The molecular weight excluding hydrogens is 244 g/mol. The van der Waals surface area contributed by atoms with Gasteiger partial charge in [0.1, 0.15) is 0 Å². The molecule has 0 spiro atoms. The number of thiophene rings is 1. The molecule has 0 saturated carbocycles. The van der Waals surface area contributed by atoms with Crippen LogP contribution in [0.25, 0.3) is 0 Å². The summed E-state index contributed by atoms with van der Waals surface area (Å²) in [5.41, 5.74) is 0.891. The maximum Gasteiger partial charge on any atom is 0.220 e. The van der Waals surface area contributed by atoms with E-state index in [1.165, 1.54) is 4.88 Å². The Morgan fingerprint density at radius 3 is 2.94 bits per heavy atom. The molecule has 3 nitrogen and oxygen atoms in total. The monoisotopic (exact) mass is 260 g/mol. The number of pyridine rings is 1. The fraction of sp³-hybridized carbons (Fsp3) is 0.286. The van der Waals surface area contributed by atoms with Crippen molar-refractivity contribution in [3.8, 4) is 0 Å². The van der Waals surface area contributed by atoms with Crippen molar-refractivity contribution in [2.24, 2.45) is 0 Å². The summed E-state index contributed by atoms with van der Waals surface area (Å²) in [4.78, 5) is 17.3. The summed E-state index contributed by atoms with van der Waals surface area (Å²) in [5, 5.41) is 4.99. The van der Waals surface area contributed by atoms with Gasteiger partial charge >= 0.3 is 0 Å². The number of nitrogens with one attached hydrogen (secondary N) is 1. The van der Waals surface area contributed by atoms with Gasteiger partial charge in [-0.1, -0.05) is 12.1 Å². The van der Waals surface area contributed by atoms with Crippen molar-refractivity contribution >= 4 is 17.2 Å². The molecule has 2 heterocycles. The van der Waals surface area contributed by atoms with Crippen LogP contribution in [0.4, 0.5) is 0 Å². The maximum atomic E-state index is 11.8. The molecule has 0 aliphatic carbocycles. The minimum Gasteiger partial charge on any atom is -0.348 e. The molecule has 0 bridgehead atoms. The molecule has 0 aliphatic rings. The number of aryl methyl sites for hydroxylation is 1. The van der Waals surface area contributed by atoms with E-state index in [4.69, 9.17) is 0 Å². The molecule has 2 aromatic heterocycles. The molecule has 4 heteroatoms. The van der Waals surface area contributed by atoms with Gasteiger partial charge in [-0.2, -0.15) is 0 Å². The molecule has 0 fully saturated rings. The highest BCUT2D eigenvalue weighted by atomic mass is 32.1. The Labute approximate surface area is 111 Å². The van der Waals surface area contributed by atoms with Crippen LogP contribution in [0, 0.1) is 0 Å². The van der Waals surface area contributed by atoms with E-state index in [0.717, 1.165) is 12.1 Å². The van der Waals surface area contributed by atoms with E-state index in [1.807, 2.05) is 36.6 Å². The van der Waals surface area contributed by atoms with E-state index >= 15 is 0 Å². The van der Waals surface area contributed by atoms with Crippen LogP contribution >= 0.6 is 11.3 Å². The summed E-state index contributed by atoms with van der Waals surface area (Å²) in [6, 6.07) is 9.74. The number of hydrogen-bond donors (Lipinski definition) is 1. The van der Waals surface area contributed by atoms with Crippen LogP contribution in [0.3, 0.4) is 0 Å². The summed E-state index contributed by atoms with van der Waals surface area (Å²) >= 11 is 1.69. The smallest absolute Gasteiger partial charge is 0.220 e. The molecular formula is C14H16N2OS. The van der Waals surface area contributed by atoms with Gasteiger partial charge in [0.25, 0.3) is 0 Å². The fourth-order valence-electron chi connectivity index (χ4n) is 1.71. The van der Waals surface area contributed by atoms with Crippen molar-refractivity contribution in [1.29, 1.82) is 0 Å². The Kier molecular flexibility index (Phi) is 4.47. The van der Waals surface area contributed by atoms with Crippen LogP contribution in [0.1, 0.15) is 30.0 Å². The van der Waals surface area contributed by atoms with Crippen molar-refractivity contribution in [3.05, 3.63) is 52.5 Å². The van der Waals surface area contributed by atoms with Crippen molar-refractivity contribution in [2.45, 2.75) is 25.8 Å². The van der Waals surface area contributed by atoms with Crippen LogP contribution in [-0.4, -0.2) is 10.9 Å². The molecule has 18 heavy (non-hydrogen) atoms. The third-order valence-corrected chi connectivity index (χ3v) is 3.62. The largest absolute Gasteiger partial charge is 0.348 e. The lowest BCUT2D eigenvalue weighted by Gasteiger charge is -2.12. The summed E-state index contributed by atoms with van der Waals surface area (Å²) in [5.74, 6) is 0.0709. The highest BCUT2D eigenvalue weighted by molar-refractivity contribution is 7.09. The van der Waals surface area contributed by atoms with Gasteiger partial charge in [-0.25, -0.2) is 0 Å². The Morgan fingerprint density at radius 1 is 1.39 bits per heavy atom. The average Bonchev–Trinajstić information content (AvgIpc) is 2.90. The second-order valence-electron chi connectivity index (χ2n) is 4.12. The zero-order valence-electron chi connectivity index (χ0n) is 10.3. The third kappa shape index (κ3) is 3.67. The van der Waals surface area contributed by atoms with E-state index in [1.54, 1.807) is 17.5 Å². The van der Waals surface area contributed by atoms with Crippen molar-refractivity contribution in [3.63, 3.8) is 0 Å². The Balaban J connectivity index is 1.80. The van der Waals surface area contributed by atoms with E-state index in [2.05, 4.69) is 16.4 Å². The number of carbonyl (C=O) groups is 1. The zero-order chi connectivity index (χ0) is 12.8. The average molecular weight is 260 g/mol. The minimum atomic E-state index is -0.0398. The van der Waals surface area contributed by atoms with Crippen LogP contribution in [0.2, 0.25) is 0 Å². The van der Waals surface area contributed by atoms with Crippen molar-refractivity contribution < 1.29 is 4.79 Å². The number of hydrogen-bond acceptors (Lipinski definition) is 3. The van der Waals surface area contributed by atoms with E-state index in [0.29, 0.717) is 6.42 Å². The third-order valence-electron chi connectivity index (χ3n) is 2.69. The molecule has 2 aromatic rings. The number of nitrogens with zero attached hydrogens (tertiary/aromatic N) is 1. The molecule has 0 aliphatic heterocycles. The summed E-state index contributed by atoms with van der Waals surface area (Å²) in [6.45, 7) is 1.95. The molecule has 0 radical (unpaired) electrons. The standard InChI is InChI=1S/C14H16N2OS/c1-11(13-6-2-3-9-15-13)16-14(17)8-7-12-5-4-10-18-12/h2-6,9-11H,7-8H2,1H3,(H,16,17). The highest BCUT2D eigenvalue weighted by Crippen LogP contribution is 2.12. The van der Waals surface area contributed by atoms with Gasteiger partial charge in [0.2, 0.25) is 5.91 Å². The molecule has 0 aromatic carbocycles. The topological polar surface area (TPSA) is 42.0 Å². The lowest BCUT2D eigenvalue weighted by Crippen LogP contribution is -2.27. The Hall–Kier alpha value is -1.68. The second kappa shape index (κ2) is 6.31. The van der Waals surface area contributed by atoms with Crippen LogP contribution in [-0.2, 0) is 11.2 Å². The first kappa shape index (κ1) is 12.8. The zero-order valence-corrected chi connectivity index (χ0v) is 11.1. The van der Waals surface area contributed by atoms with Crippen LogP contribution < -0.4 is 5.32 Å². The second-order valence-corrected chi connectivity index (χ2v) is 5.16. The van der Waals surface area contributed by atoms with Gasteiger partial charge in [0.05, 0.1) is 11.7 Å². The van der Waals surface area contributed by atoms with Gasteiger partial charge < -0.3 is 5.32 Å². The summed E-state index contributed by atoms with van der Waals surface area (Å²) < 4.78 is 0. The van der Waals surface area contributed by atoms with E-state index < -0.39 is 0 Å². The molecule has 94 valence electrons. The highest BCUT2D eigenvalue weighted by Gasteiger charge is 2.10. The first-order valence-corrected chi connectivity index (χ1v) is 6.86.